The third kappa shape index (κ3) is 3.55. The van der Waals surface area contributed by atoms with Gasteiger partial charge in [0.1, 0.15) is 18.4 Å². The lowest BCUT2D eigenvalue weighted by molar-refractivity contribution is -0.124. The zero-order chi connectivity index (χ0) is 18.7. The van der Waals surface area contributed by atoms with Gasteiger partial charge in [0.25, 0.3) is 11.8 Å². The molecule has 0 radical (unpaired) electrons. The Hall–Kier alpha value is -2.86. The van der Waals surface area contributed by atoms with Crippen LogP contribution in [0.1, 0.15) is 27.6 Å². The first-order valence-corrected chi connectivity index (χ1v) is 8.50. The van der Waals surface area contributed by atoms with Crippen molar-refractivity contribution in [2.45, 2.75) is 13.0 Å². The maximum atomic E-state index is 12.4. The van der Waals surface area contributed by atoms with E-state index in [4.69, 9.17) is 16.3 Å². The van der Waals surface area contributed by atoms with Crippen LogP contribution in [0.4, 0.5) is 0 Å². The minimum atomic E-state index is -0.909. The molecule has 1 N–H and O–H groups in total. The molecular formula is C19H17ClN2O4. The maximum absolute atomic E-state index is 12.4. The standard InChI is InChI=1S/C19H17ClN2O4/c1-12(22-18(24)15-7-2-3-8-16(15)19(22)25)17(23)21-9-10-26-14-6-4-5-13(20)11-14/h2-8,11-12H,9-10H2,1H3,(H,21,23). The fraction of sp³-hybridized carbons (Fsp3) is 0.211. The molecule has 3 amide bonds. The third-order valence-corrected chi connectivity index (χ3v) is 4.29. The van der Waals surface area contributed by atoms with E-state index in [1.807, 2.05) is 0 Å². The molecule has 0 aliphatic carbocycles. The van der Waals surface area contributed by atoms with Gasteiger partial charge in [-0.3, -0.25) is 19.3 Å². The lowest BCUT2D eigenvalue weighted by Crippen LogP contribution is -2.48. The molecule has 0 saturated heterocycles. The number of benzene rings is 2. The zero-order valence-electron chi connectivity index (χ0n) is 14.1. The van der Waals surface area contributed by atoms with Gasteiger partial charge in [-0.2, -0.15) is 0 Å². The molecule has 2 aromatic carbocycles. The first-order valence-electron chi connectivity index (χ1n) is 8.12. The molecule has 1 aliphatic heterocycles. The number of amides is 3. The minimum absolute atomic E-state index is 0.235. The summed E-state index contributed by atoms with van der Waals surface area (Å²) in [6.45, 7) is 1.99. The van der Waals surface area contributed by atoms with Crippen LogP contribution in [0.15, 0.2) is 48.5 Å². The summed E-state index contributed by atoms with van der Waals surface area (Å²) < 4.78 is 5.49. The van der Waals surface area contributed by atoms with Crippen molar-refractivity contribution in [3.63, 3.8) is 0 Å². The van der Waals surface area contributed by atoms with Crippen LogP contribution >= 0.6 is 11.6 Å². The number of carbonyl (C=O) groups is 3. The number of halogens is 1. The Kier molecular flexibility index (Phi) is 5.23. The van der Waals surface area contributed by atoms with Crippen LogP contribution in [0.5, 0.6) is 5.75 Å². The molecule has 7 heteroatoms. The van der Waals surface area contributed by atoms with Gasteiger partial charge in [-0.05, 0) is 37.3 Å². The number of rotatable bonds is 6. The monoisotopic (exact) mass is 372 g/mol. The van der Waals surface area contributed by atoms with Crippen molar-refractivity contribution in [3.8, 4) is 5.75 Å². The Labute approximate surface area is 155 Å². The highest BCUT2D eigenvalue weighted by atomic mass is 35.5. The number of hydrogen-bond acceptors (Lipinski definition) is 4. The van der Waals surface area contributed by atoms with Gasteiger partial charge in [0.05, 0.1) is 17.7 Å². The summed E-state index contributed by atoms with van der Waals surface area (Å²) >= 11 is 5.87. The summed E-state index contributed by atoms with van der Waals surface area (Å²) in [6, 6.07) is 12.6. The second kappa shape index (κ2) is 7.58. The van der Waals surface area contributed by atoms with Crippen molar-refractivity contribution >= 4 is 29.3 Å². The third-order valence-electron chi connectivity index (χ3n) is 4.06. The van der Waals surface area contributed by atoms with Gasteiger partial charge in [-0.1, -0.05) is 29.8 Å². The average Bonchev–Trinajstić information content (AvgIpc) is 2.89. The molecule has 6 nitrogen and oxygen atoms in total. The number of fused-ring (bicyclic) bond motifs is 1. The second-order valence-electron chi connectivity index (χ2n) is 5.80. The summed E-state index contributed by atoms with van der Waals surface area (Å²) in [6.07, 6.45) is 0. The summed E-state index contributed by atoms with van der Waals surface area (Å²) in [5.41, 5.74) is 0.642. The molecule has 1 aliphatic rings. The normalized spacial score (nSPS) is 14.2. The van der Waals surface area contributed by atoms with Gasteiger partial charge >= 0.3 is 0 Å². The Morgan fingerprint density at radius 2 is 1.77 bits per heavy atom. The highest BCUT2D eigenvalue weighted by Crippen LogP contribution is 2.24. The lowest BCUT2D eigenvalue weighted by atomic mass is 10.1. The SMILES string of the molecule is CC(C(=O)NCCOc1cccc(Cl)c1)N1C(=O)c2ccccc2C1=O. The molecule has 0 fully saturated rings. The highest BCUT2D eigenvalue weighted by Gasteiger charge is 2.40. The van der Waals surface area contributed by atoms with Crippen molar-refractivity contribution in [1.82, 2.24) is 10.2 Å². The molecule has 26 heavy (non-hydrogen) atoms. The number of nitrogens with one attached hydrogen (secondary N) is 1. The second-order valence-corrected chi connectivity index (χ2v) is 6.24. The van der Waals surface area contributed by atoms with Gasteiger partial charge in [-0.25, -0.2) is 0 Å². The summed E-state index contributed by atoms with van der Waals surface area (Å²) in [7, 11) is 0. The molecule has 3 rings (SSSR count). The van der Waals surface area contributed by atoms with Crippen LogP contribution in [-0.2, 0) is 4.79 Å². The Bertz CT molecular complexity index is 833. The molecule has 1 unspecified atom stereocenters. The van der Waals surface area contributed by atoms with Gasteiger partial charge < -0.3 is 10.1 Å². The molecule has 0 saturated carbocycles. The van der Waals surface area contributed by atoms with Crippen LogP contribution in [0.3, 0.4) is 0 Å². The maximum Gasteiger partial charge on any atom is 0.262 e. The van der Waals surface area contributed by atoms with Gasteiger partial charge in [-0.15, -0.1) is 0 Å². The predicted octanol–water partition coefficient (Wildman–Crippen LogP) is 2.52. The van der Waals surface area contributed by atoms with Crippen molar-refractivity contribution < 1.29 is 19.1 Å². The molecule has 2 aromatic rings. The zero-order valence-corrected chi connectivity index (χ0v) is 14.8. The predicted molar refractivity (Wildman–Crippen MR) is 96.4 cm³/mol. The van der Waals surface area contributed by atoms with Crippen molar-refractivity contribution in [2.75, 3.05) is 13.2 Å². The van der Waals surface area contributed by atoms with Crippen molar-refractivity contribution in [1.29, 1.82) is 0 Å². The largest absolute Gasteiger partial charge is 0.492 e. The van der Waals surface area contributed by atoms with Crippen LogP contribution in [0.25, 0.3) is 0 Å². The lowest BCUT2D eigenvalue weighted by Gasteiger charge is -2.21. The highest BCUT2D eigenvalue weighted by molar-refractivity contribution is 6.30. The topological polar surface area (TPSA) is 75.7 Å². The molecule has 1 heterocycles. The van der Waals surface area contributed by atoms with E-state index in [0.29, 0.717) is 21.9 Å². The first-order chi connectivity index (χ1) is 12.5. The van der Waals surface area contributed by atoms with Crippen molar-refractivity contribution in [2.24, 2.45) is 0 Å². The first kappa shape index (κ1) is 17.9. The van der Waals surface area contributed by atoms with E-state index in [2.05, 4.69) is 5.32 Å². The summed E-state index contributed by atoms with van der Waals surface area (Å²) in [5.74, 6) is -0.735. The van der Waals surface area contributed by atoms with Crippen LogP contribution in [0.2, 0.25) is 5.02 Å². The van der Waals surface area contributed by atoms with E-state index in [1.165, 1.54) is 6.92 Å². The van der Waals surface area contributed by atoms with E-state index in [9.17, 15) is 14.4 Å². The smallest absolute Gasteiger partial charge is 0.262 e. The molecule has 134 valence electrons. The van der Waals surface area contributed by atoms with Gasteiger partial charge in [0.15, 0.2) is 0 Å². The number of nitrogens with zero attached hydrogens (tertiary/aromatic N) is 1. The van der Waals surface area contributed by atoms with E-state index in [-0.39, 0.29) is 13.2 Å². The van der Waals surface area contributed by atoms with Gasteiger partial charge in [0.2, 0.25) is 5.91 Å². The Morgan fingerprint density at radius 3 is 2.38 bits per heavy atom. The fourth-order valence-electron chi connectivity index (χ4n) is 2.72. The fourth-order valence-corrected chi connectivity index (χ4v) is 2.90. The van der Waals surface area contributed by atoms with Gasteiger partial charge in [0, 0.05) is 5.02 Å². The van der Waals surface area contributed by atoms with Crippen LogP contribution < -0.4 is 10.1 Å². The number of imide groups is 1. The van der Waals surface area contributed by atoms with Crippen molar-refractivity contribution in [3.05, 3.63) is 64.7 Å². The molecular weight excluding hydrogens is 356 g/mol. The quantitative estimate of drug-likeness (QED) is 0.624. The summed E-state index contributed by atoms with van der Waals surface area (Å²) in [5, 5.41) is 3.23. The average molecular weight is 373 g/mol. The Balaban J connectivity index is 1.54. The summed E-state index contributed by atoms with van der Waals surface area (Å²) in [4.78, 5) is 38.1. The minimum Gasteiger partial charge on any atom is -0.492 e. The van der Waals surface area contributed by atoms with E-state index in [1.54, 1.807) is 48.5 Å². The number of ether oxygens (including phenoxy) is 1. The van der Waals surface area contributed by atoms with Crippen LogP contribution in [-0.4, -0.2) is 41.8 Å². The molecule has 0 aromatic heterocycles. The van der Waals surface area contributed by atoms with E-state index in [0.717, 1.165) is 4.90 Å². The molecule has 1 atom stereocenters. The molecule has 0 bridgehead atoms. The van der Waals surface area contributed by atoms with Crippen LogP contribution in [0, 0.1) is 0 Å². The number of carbonyl (C=O) groups excluding carboxylic acids is 3. The number of hydrogen-bond donors (Lipinski definition) is 1. The van der Waals surface area contributed by atoms with E-state index < -0.39 is 23.8 Å². The Morgan fingerprint density at radius 1 is 1.12 bits per heavy atom. The molecule has 0 spiro atoms. The van der Waals surface area contributed by atoms with E-state index >= 15 is 0 Å².